The van der Waals surface area contributed by atoms with Gasteiger partial charge in [0.15, 0.2) is 5.75 Å². The maximum Gasteiger partial charge on any atom is 1.00 e. The summed E-state index contributed by atoms with van der Waals surface area (Å²) in [5.74, 6) is -0.893. The van der Waals surface area contributed by atoms with Gasteiger partial charge in [-0.3, -0.25) is 15.2 Å². The molecular formula is C22H15ClN6Na2O11S3. The van der Waals surface area contributed by atoms with Crippen molar-refractivity contribution >= 4 is 82.9 Å². The molecule has 0 aliphatic rings. The van der Waals surface area contributed by atoms with E-state index in [0.29, 0.717) is 0 Å². The van der Waals surface area contributed by atoms with Crippen molar-refractivity contribution in [2.24, 2.45) is 10.2 Å². The molecule has 0 aliphatic heterocycles. The van der Waals surface area contributed by atoms with Gasteiger partial charge in [0.1, 0.15) is 26.8 Å². The van der Waals surface area contributed by atoms with Gasteiger partial charge in [-0.1, -0.05) is 11.6 Å². The summed E-state index contributed by atoms with van der Waals surface area (Å²) in [6.45, 7) is 1.42. The molecule has 3 aromatic carbocycles. The molecule has 4 aromatic rings. The number of nitrogens with zero attached hydrogens (tertiary/aromatic N) is 5. The Balaban J connectivity index is 0.00000353. The average Bonchev–Trinajstić information content (AvgIpc) is 2.92. The third-order valence-electron chi connectivity index (χ3n) is 5.54. The second-order valence-corrected chi connectivity index (χ2v) is 12.8. The first kappa shape index (κ1) is 39.2. The van der Waals surface area contributed by atoms with Gasteiger partial charge in [0.2, 0.25) is 15.0 Å². The van der Waals surface area contributed by atoms with E-state index in [1.165, 1.54) is 25.1 Å². The molecule has 0 radical (unpaired) electrons. The number of anilines is 2. The average molecular weight is 717 g/mol. The van der Waals surface area contributed by atoms with Crippen LogP contribution in [0.25, 0.3) is 10.8 Å². The van der Waals surface area contributed by atoms with Crippen molar-refractivity contribution in [3.63, 3.8) is 0 Å². The van der Waals surface area contributed by atoms with Crippen LogP contribution in [0.5, 0.6) is 5.75 Å². The fourth-order valence-corrected chi connectivity index (χ4v) is 5.31. The number of nitro benzene ring substituents is 1. The molecule has 0 aliphatic carbocycles. The second-order valence-electron chi connectivity index (χ2n) is 8.46. The van der Waals surface area contributed by atoms with E-state index in [4.69, 9.17) is 11.6 Å². The number of non-ortho nitro benzene ring substituents is 1. The molecule has 23 heteroatoms. The summed E-state index contributed by atoms with van der Waals surface area (Å²) in [5, 5.41) is 45.5. The van der Waals surface area contributed by atoms with E-state index < -0.39 is 40.7 Å². The van der Waals surface area contributed by atoms with Crippen molar-refractivity contribution in [2.75, 3.05) is 11.6 Å². The van der Waals surface area contributed by atoms with Crippen molar-refractivity contribution in [3.05, 3.63) is 63.3 Å². The summed E-state index contributed by atoms with van der Waals surface area (Å²) in [5.41, 5.74) is -0.575. The molecule has 45 heavy (non-hydrogen) atoms. The SMILES string of the molecule is Cc1c(Cl)nc(S(C)(=O)=O)nc1Nc1cc(S(=O)(=O)[O-])cc2cc(SOO[O-])c(N=Nc3ccc([N+](=O)[O-])cc3)c(O)c12.[Na+].[Na+]. The van der Waals surface area contributed by atoms with Crippen molar-refractivity contribution in [1.82, 2.24) is 9.97 Å². The standard InChI is InChI=1S/C22H17ClN6O11S3.2Na/c1-10-20(23)25-22(42(2,34)35)26-21(10)24-15-9-14(43(36,37)38)7-11-8-16(41-40-39-33)18(19(30)17(11)15)28-27-12-3-5-13(6-4-12)29(31)32;;/h3-9,30,33H,1-2H3,(H,24,25,26)(H,36,37,38);;/q;2*+1/p-2. The molecule has 0 fully saturated rings. The number of phenols is 1. The topological polar surface area (TPSA) is 259 Å². The number of fused-ring (bicyclic) bond motifs is 1. The van der Waals surface area contributed by atoms with Crippen molar-refractivity contribution in [3.8, 4) is 5.75 Å². The molecule has 17 nitrogen and oxygen atoms in total. The van der Waals surface area contributed by atoms with E-state index in [-0.39, 0.29) is 126 Å². The molecule has 1 heterocycles. The Kier molecular flexibility index (Phi) is 13.7. The van der Waals surface area contributed by atoms with E-state index in [0.717, 1.165) is 30.5 Å². The first-order valence-corrected chi connectivity index (χ1v) is 15.6. The number of sulfone groups is 1. The van der Waals surface area contributed by atoms with Crippen molar-refractivity contribution in [1.29, 1.82) is 0 Å². The number of hydrogen-bond donors (Lipinski definition) is 2. The Morgan fingerprint density at radius 1 is 1.07 bits per heavy atom. The minimum Gasteiger partial charge on any atom is -0.744 e. The number of nitro groups is 1. The van der Waals surface area contributed by atoms with Crippen LogP contribution < -0.4 is 69.7 Å². The number of benzene rings is 3. The summed E-state index contributed by atoms with van der Waals surface area (Å²) in [6, 6.07) is 7.82. The number of phenolic OH excluding ortho intramolecular Hbond substituents is 1. The molecule has 0 saturated carbocycles. The van der Waals surface area contributed by atoms with Gasteiger partial charge >= 0.3 is 59.1 Å². The van der Waals surface area contributed by atoms with Crippen LogP contribution in [0.3, 0.4) is 0 Å². The summed E-state index contributed by atoms with van der Waals surface area (Å²) >= 11 is 6.36. The molecule has 0 saturated heterocycles. The number of halogens is 1. The van der Waals surface area contributed by atoms with Gasteiger partial charge in [0.05, 0.1) is 38.1 Å². The van der Waals surface area contributed by atoms with Crippen LogP contribution in [0.1, 0.15) is 5.56 Å². The van der Waals surface area contributed by atoms with Gasteiger partial charge in [-0.15, -0.1) is 5.11 Å². The fourth-order valence-electron chi connectivity index (χ4n) is 3.55. The van der Waals surface area contributed by atoms with Crippen LogP contribution in [-0.4, -0.2) is 47.6 Å². The van der Waals surface area contributed by atoms with E-state index in [2.05, 4.69) is 34.9 Å². The Morgan fingerprint density at radius 3 is 2.27 bits per heavy atom. The maximum absolute atomic E-state index is 12.1. The van der Waals surface area contributed by atoms with E-state index in [1.54, 1.807) is 0 Å². The van der Waals surface area contributed by atoms with Gasteiger partial charge in [-0.2, -0.15) is 9.45 Å². The molecule has 2 N–H and O–H groups in total. The Labute approximate surface area is 307 Å². The summed E-state index contributed by atoms with van der Waals surface area (Å²) in [4.78, 5) is 17.0. The van der Waals surface area contributed by atoms with Crippen molar-refractivity contribution < 1.29 is 105 Å². The van der Waals surface area contributed by atoms with Gasteiger partial charge in [0, 0.05) is 29.3 Å². The van der Waals surface area contributed by atoms with Crippen LogP contribution in [0, 0.1) is 17.0 Å². The molecule has 0 unspecified atom stereocenters. The smallest absolute Gasteiger partial charge is 0.744 e. The Bertz CT molecular complexity index is 2020. The fraction of sp³-hybridized carbons (Fsp3) is 0.0909. The third kappa shape index (κ3) is 9.29. The number of rotatable bonds is 10. The van der Waals surface area contributed by atoms with E-state index in [9.17, 15) is 41.9 Å². The van der Waals surface area contributed by atoms with E-state index >= 15 is 0 Å². The Hall–Kier alpha value is -2.02. The molecule has 0 atom stereocenters. The first-order chi connectivity index (χ1) is 20.1. The normalized spacial score (nSPS) is 11.7. The largest absolute Gasteiger partial charge is 1.00 e. The monoisotopic (exact) mass is 716 g/mol. The summed E-state index contributed by atoms with van der Waals surface area (Å²) in [6.07, 6.45) is 0.832. The molecular weight excluding hydrogens is 702 g/mol. The number of hydrogen-bond acceptors (Lipinski definition) is 17. The minimum absolute atomic E-state index is 0. The van der Waals surface area contributed by atoms with Crippen LogP contribution in [0.15, 0.2) is 67.6 Å². The molecule has 226 valence electrons. The number of nitrogens with one attached hydrogen (secondary N) is 1. The molecule has 1 aromatic heterocycles. The molecule has 0 amide bonds. The van der Waals surface area contributed by atoms with Gasteiger partial charge in [0.25, 0.3) is 5.69 Å². The van der Waals surface area contributed by atoms with Crippen molar-refractivity contribution in [2.45, 2.75) is 21.9 Å². The molecule has 0 bridgehead atoms. The molecule has 0 spiro atoms. The zero-order valence-corrected chi connectivity index (χ0v) is 30.6. The van der Waals surface area contributed by atoms with Gasteiger partial charge in [-0.25, -0.2) is 26.8 Å². The maximum atomic E-state index is 12.1. The third-order valence-corrected chi connectivity index (χ3v) is 8.18. The van der Waals surface area contributed by atoms with Gasteiger partial charge in [-0.05, 0) is 42.6 Å². The summed E-state index contributed by atoms with van der Waals surface area (Å²) < 4.78 is 64.5. The van der Waals surface area contributed by atoms with Crippen LogP contribution in [-0.2, 0) is 29.3 Å². The second kappa shape index (κ2) is 15.7. The van der Waals surface area contributed by atoms with E-state index in [1.807, 2.05) is 0 Å². The number of azo groups is 1. The van der Waals surface area contributed by atoms with Gasteiger partial charge < -0.3 is 20.2 Å². The predicted molar refractivity (Wildman–Crippen MR) is 147 cm³/mol. The zero-order valence-electron chi connectivity index (χ0n) is 23.4. The zero-order chi connectivity index (χ0) is 31.7. The Morgan fingerprint density at radius 2 is 1.71 bits per heavy atom. The molecule has 4 rings (SSSR count). The summed E-state index contributed by atoms with van der Waals surface area (Å²) in [7, 11) is -9.06. The van der Waals surface area contributed by atoms with Crippen LogP contribution in [0.4, 0.5) is 28.6 Å². The number of aromatic hydroxyl groups is 1. The minimum atomic E-state index is -5.10. The van der Waals surface area contributed by atoms with Crippen LogP contribution in [0.2, 0.25) is 5.15 Å². The first-order valence-electron chi connectivity index (χ1n) is 11.2. The predicted octanol–water partition coefficient (Wildman–Crippen LogP) is -2.09. The number of aromatic nitrogens is 2. The van der Waals surface area contributed by atoms with Crippen LogP contribution >= 0.6 is 23.6 Å². The quantitative estimate of drug-likeness (QED) is 0.0205.